The number of halogens is 1. The van der Waals surface area contributed by atoms with Crippen LogP contribution >= 0.6 is 0 Å². The summed E-state index contributed by atoms with van der Waals surface area (Å²) in [6.07, 6.45) is 6.96. The molecule has 0 amide bonds. The number of allylic oxidation sites excluding steroid dienone is 1. The maximum absolute atomic E-state index is 13.6. The molecule has 0 unspecified atom stereocenters. The number of hydrogen-bond acceptors (Lipinski definition) is 5. The maximum atomic E-state index is 13.6. The van der Waals surface area contributed by atoms with Gasteiger partial charge in [0, 0.05) is 23.9 Å². The second-order valence-electron chi connectivity index (χ2n) is 8.89. The number of rotatable bonds is 9. The zero-order chi connectivity index (χ0) is 27.2. The third-order valence-corrected chi connectivity index (χ3v) is 6.33. The highest BCUT2D eigenvalue weighted by atomic mass is 19.1. The van der Waals surface area contributed by atoms with Gasteiger partial charge in [-0.05, 0) is 67.5 Å². The number of aromatic nitrogens is 3. The Bertz CT molecular complexity index is 1590. The molecule has 2 aromatic carbocycles. The van der Waals surface area contributed by atoms with Crippen LogP contribution in [0.2, 0.25) is 0 Å². The number of para-hydroxylation sites is 1. The van der Waals surface area contributed by atoms with E-state index in [2.05, 4.69) is 5.10 Å². The Morgan fingerprint density at radius 3 is 2.50 bits per heavy atom. The molecule has 8 heteroatoms. The highest BCUT2D eigenvalue weighted by Crippen LogP contribution is 2.27. The minimum Gasteiger partial charge on any atom is -0.494 e. The third kappa shape index (κ3) is 5.32. The summed E-state index contributed by atoms with van der Waals surface area (Å²) in [6, 6.07) is 17.2. The van der Waals surface area contributed by atoms with Gasteiger partial charge in [0.15, 0.2) is 5.78 Å². The molecule has 1 N–H and O–H groups in total. The first kappa shape index (κ1) is 26.3. The standard InChI is InChI=1S/C30H27FN4O3/c1-3-4-8-17-34-29(37)25(18-32)20(2)27(30(34)38)26(36)16-13-22-19-35(24-9-6-5-7-10-24)33-28(22)21-11-14-23(31)15-12-21/h5-7,9-16,19,38H,3-4,8,17H2,1-2H3/b16-13+. The SMILES string of the molecule is CCCCCn1c(O)c(C(=O)/C=C/c2cn(-c3ccccc3)nc2-c2ccc(F)cc2)c(C)c(C#N)c1=O. The lowest BCUT2D eigenvalue weighted by Gasteiger charge is -2.14. The van der Waals surface area contributed by atoms with Gasteiger partial charge in [-0.1, -0.05) is 38.0 Å². The van der Waals surface area contributed by atoms with Gasteiger partial charge < -0.3 is 5.11 Å². The van der Waals surface area contributed by atoms with E-state index in [4.69, 9.17) is 0 Å². The zero-order valence-corrected chi connectivity index (χ0v) is 21.2. The highest BCUT2D eigenvalue weighted by Gasteiger charge is 2.23. The van der Waals surface area contributed by atoms with Gasteiger partial charge in [-0.3, -0.25) is 14.2 Å². The van der Waals surface area contributed by atoms with Crippen LogP contribution in [0.4, 0.5) is 4.39 Å². The van der Waals surface area contributed by atoms with Crippen LogP contribution in [0, 0.1) is 24.1 Å². The monoisotopic (exact) mass is 510 g/mol. The lowest BCUT2D eigenvalue weighted by atomic mass is 10.0. The van der Waals surface area contributed by atoms with Crippen molar-refractivity contribution in [3.05, 3.63) is 105 Å². The molecule has 0 radical (unpaired) electrons. The first-order chi connectivity index (χ1) is 18.3. The number of hydrogen-bond donors (Lipinski definition) is 1. The van der Waals surface area contributed by atoms with E-state index in [-0.39, 0.29) is 29.1 Å². The minimum absolute atomic E-state index is 0.0901. The molecule has 0 bridgehead atoms. The van der Waals surface area contributed by atoms with Crippen molar-refractivity contribution in [2.24, 2.45) is 0 Å². The molecule has 2 heterocycles. The number of aromatic hydroxyl groups is 1. The Morgan fingerprint density at radius 1 is 1.13 bits per heavy atom. The molecule has 2 aromatic heterocycles. The number of unbranched alkanes of at least 4 members (excludes halogenated alkanes) is 2. The number of nitrogens with zero attached hydrogens (tertiary/aromatic N) is 4. The fourth-order valence-corrected chi connectivity index (χ4v) is 4.28. The lowest BCUT2D eigenvalue weighted by molar-refractivity contribution is 0.104. The van der Waals surface area contributed by atoms with Gasteiger partial charge in [-0.25, -0.2) is 9.07 Å². The van der Waals surface area contributed by atoms with Crippen molar-refractivity contribution in [1.29, 1.82) is 5.26 Å². The van der Waals surface area contributed by atoms with Crippen molar-refractivity contribution >= 4 is 11.9 Å². The molecule has 0 spiro atoms. The van der Waals surface area contributed by atoms with Crippen LogP contribution in [0.1, 0.15) is 53.2 Å². The Balaban J connectivity index is 1.77. The van der Waals surface area contributed by atoms with E-state index in [1.165, 1.54) is 25.1 Å². The van der Waals surface area contributed by atoms with E-state index in [1.54, 1.807) is 29.1 Å². The number of benzene rings is 2. The van der Waals surface area contributed by atoms with Crippen LogP contribution in [0.5, 0.6) is 5.88 Å². The van der Waals surface area contributed by atoms with Crippen LogP contribution in [0.25, 0.3) is 23.0 Å². The van der Waals surface area contributed by atoms with Gasteiger partial charge in [0.25, 0.3) is 5.56 Å². The Morgan fingerprint density at radius 2 is 1.84 bits per heavy atom. The number of carbonyl (C=O) groups is 1. The summed E-state index contributed by atoms with van der Waals surface area (Å²) in [5, 5.41) is 25.1. The first-order valence-corrected chi connectivity index (χ1v) is 12.4. The van der Waals surface area contributed by atoms with E-state index in [1.807, 2.05) is 43.3 Å². The van der Waals surface area contributed by atoms with Crippen molar-refractivity contribution in [2.75, 3.05) is 0 Å². The van der Waals surface area contributed by atoms with E-state index in [0.717, 1.165) is 23.1 Å². The molecule has 38 heavy (non-hydrogen) atoms. The van der Waals surface area contributed by atoms with Crippen LogP contribution in [-0.4, -0.2) is 25.2 Å². The topological polar surface area (TPSA) is 101 Å². The summed E-state index contributed by atoms with van der Waals surface area (Å²) >= 11 is 0. The molecule has 0 aliphatic heterocycles. The number of nitriles is 1. The number of carbonyl (C=O) groups excluding carboxylic acids is 1. The number of ketones is 1. The average Bonchev–Trinajstić information content (AvgIpc) is 3.35. The smallest absolute Gasteiger partial charge is 0.271 e. The summed E-state index contributed by atoms with van der Waals surface area (Å²) in [5.41, 5.74) is 1.84. The van der Waals surface area contributed by atoms with Crippen LogP contribution < -0.4 is 5.56 Å². The average molecular weight is 511 g/mol. The molecule has 0 aliphatic carbocycles. The van der Waals surface area contributed by atoms with Gasteiger partial charge in [0.05, 0.1) is 16.9 Å². The third-order valence-electron chi connectivity index (χ3n) is 6.33. The quantitative estimate of drug-likeness (QED) is 0.174. The predicted molar refractivity (Wildman–Crippen MR) is 144 cm³/mol. The molecular weight excluding hydrogens is 483 g/mol. The van der Waals surface area contributed by atoms with Crippen LogP contribution in [0.15, 0.2) is 71.7 Å². The lowest BCUT2D eigenvalue weighted by Crippen LogP contribution is -2.26. The molecule has 4 rings (SSSR count). The fourth-order valence-electron chi connectivity index (χ4n) is 4.28. The van der Waals surface area contributed by atoms with E-state index >= 15 is 0 Å². The summed E-state index contributed by atoms with van der Waals surface area (Å²) in [7, 11) is 0. The molecule has 4 aromatic rings. The second kappa shape index (κ2) is 11.5. The number of pyridine rings is 1. The summed E-state index contributed by atoms with van der Waals surface area (Å²) in [4.78, 5) is 26.1. The highest BCUT2D eigenvalue weighted by molar-refractivity contribution is 6.09. The summed E-state index contributed by atoms with van der Waals surface area (Å²) < 4.78 is 16.3. The van der Waals surface area contributed by atoms with E-state index in [0.29, 0.717) is 23.2 Å². The molecular formula is C30H27FN4O3. The molecule has 0 fully saturated rings. The van der Waals surface area contributed by atoms with Crippen molar-refractivity contribution < 1.29 is 14.3 Å². The van der Waals surface area contributed by atoms with Gasteiger partial charge in [-0.2, -0.15) is 10.4 Å². The van der Waals surface area contributed by atoms with E-state index < -0.39 is 17.2 Å². The van der Waals surface area contributed by atoms with Gasteiger partial charge >= 0.3 is 0 Å². The normalized spacial score (nSPS) is 11.1. The fraction of sp³-hybridized carbons (Fsp3) is 0.200. The largest absolute Gasteiger partial charge is 0.494 e. The van der Waals surface area contributed by atoms with Crippen molar-refractivity contribution in [3.8, 4) is 28.9 Å². The molecule has 0 saturated heterocycles. The molecule has 0 saturated carbocycles. The van der Waals surface area contributed by atoms with Crippen LogP contribution in [0.3, 0.4) is 0 Å². The molecule has 192 valence electrons. The van der Waals surface area contributed by atoms with Gasteiger partial charge in [0.1, 0.15) is 17.4 Å². The molecule has 0 aliphatic rings. The van der Waals surface area contributed by atoms with Gasteiger partial charge in [0.2, 0.25) is 5.88 Å². The Labute approximate surface area is 219 Å². The molecule has 0 atom stereocenters. The summed E-state index contributed by atoms with van der Waals surface area (Å²) in [5.74, 6) is -1.38. The first-order valence-electron chi connectivity index (χ1n) is 12.4. The zero-order valence-electron chi connectivity index (χ0n) is 21.2. The maximum Gasteiger partial charge on any atom is 0.271 e. The van der Waals surface area contributed by atoms with Crippen LogP contribution in [-0.2, 0) is 6.54 Å². The van der Waals surface area contributed by atoms with Gasteiger partial charge in [-0.15, -0.1) is 0 Å². The minimum atomic E-state index is -0.609. The summed E-state index contributed by atoms with van der Waals surface area (Å²) in [6.45, 7) is 3.70. The van der Waals surface area contributed by atoms with Crippen molar-refractivity contribution in [2.45, 2.75) is 39.7 Å². The Kier molecular flexibility index (Phi) is 7.97. The predicted octanol–water partition coefficient (Wildman–Crippen LogP) is 5.81. The van der Waals surface area contributed by atoms with Crippen molar-refractivity contribution in [1.82, 2.24) is 14.3 Å². The van der Waals surface area contributed by atoms with E-state index in [9.17, 15) is 24.3 Å². The molecule has 7 nitrogen and oxygen atoms in total. The second-order valence-corrected chi connectivity index (χ2v) is 8.89. The van der Waals surface area contributed by atoms with Crippen molar-refractivity contribution in [3.63, 3.8) is 0 Å². The Hall–Kier alpha value is -4.77.